The van der Waals surface area contributed by atoms with Gasteiger partial charge < -0.3 is 10.1 Å². The van der Waals surface area contributed by atoms with Crippen molar-refractivity contribution in [2.24, 2.45) is 0 Å². The lowest BCUT2D eigenvalue weighted by Crippen LogP contribution is -2.36. The van der Waals surface area contributed by atoms with Crippen LogP contribution in [0.3, 0.4) is 0 Å². The van der Waals surface area contributed by atoms with Crippen molar-refractivity contribution in [1.82, 2.24) is 20.3 Å². The third kappa shape index (κ3) is 3.97. The fourth-order valence-corrected chi connectivity index (χ4v) is 3.34. The standard InChI is InChI=1S/C20H21N5O2/c1-27-19-11-13(8-9-21-19)14-10-17-16(22-12-14)6-7-18(24-17)25-20(26)23-15-4-2-3-5-15/h6-12,15H,2-5H2,1H3,(H2,23,24,25,26). The molecule has 3 aromatic heterocycles. The van der Waals surface area contributed by atoms with Gasteiger partial charge in [0.2, 0.25) is 5.88 Å². The van der Waals surface area contributed by atoms with Crippen LogP contribution >= 0.6 is 0 Å². The Labute approximate surface area is 157 Å². The Kier molecular flexibility index (Phi) is 4.82. The number of hydrogen-bond donors (Lipinski definition) is 2. The summed E-state index contributed by atoms with van der Waals surface area (Å²) in [5.41, 5.74) is 3.32. The van der Waals surface area contributed by atoms with Crippen LogP contribution in [0.2, 0.25) is 0 Å². The predicted octanol–water partition coefficient (Wildman–Crippen LogP) is 3.76. The first-order valence-electron chi connectivity index (χ1n) is 9.06. The Balaban J connectivity index is 1.56. The lowest BCUT2D eigenvalue weighted by Gasteiger charge is -2.12. The number of ether oxygens (including phenoxy) is 1. The van der Waals surface area contributed by atoms with Gasteiger partial charge in [-0.15, -0.1) is 0 Å². The van der Waals surface area contributed by atoms with Crippen molar-refractivity contribution < 1.29 is 9.53 Å². The number of hydrogen-bond acceptors (Lipinski definition) is 5. The molecule has 1 aliphatic carbocycles. The fourth-order valence-electron chi connectivity index (χ4n) is 3.34. The minimum Gasteiger partial charge on any atom is -0.481 e. The number of methoxy groups -OCH3 is 1. The van der Waals surface area contributed by atoms with Gasteiger partial charge in [-0.3, -0.25) is 10.3 Å². The molecule has 0 radical (unpaired) electrons. The molecule has 1 aliphatic rings. The van der Waals surface area contributed by atoms with Crippen LogP contribution in [0.5, 0.6) is 5.88 Å². The van der Waals surface area contributed by atoms with Gasteiger partial charge in [0.15, 0.2) is 0 Å². The van der Waals surface area contributed by atoms with E-state index >= 15 is 0 Å². The second-order valence-electron chi connectivity index (χ2n) is 6.63. The number of urea groups is 1. The number of nitrogens with zero attached hydrogens (tertiary/aromatic N) is 3. The number of aromatic nitrogens is 3. The fraction of sp³-hybridized carbons (Fsp3) is 0.300. The van der Waals surface area contributed by atoms with E-state index in [-0.39, 0.29) is 12.1 Å². The molecular weight excluding hydrogens is 342 g/mol. The van der Waals surface area contributed by atoms with Crippen molar-refractivity contribution in [3.63, 3.8) is 0 Å². The first kappa shape index (κ1) is 17.2. The number of anilines is 1. The van der Waals surface area contributed by atoms with Crippen LogP contribution in [0.4, 0.5) is 10.6 Å². The van der Waals surface area contributed by atoms with E-state index in [2.05, 4.69) is 25.6 Å². The van der Waals surface area contributed by atoms with Gasteiger partial charge in [-0.25, -0.2) is 14.8 Å². The summed E-state index contributed by atoms with van der Waals surface area (Å²) in [5.74, 6) is 1.05. The molecule has 3 heterocycles. The van der Waals surface area contributed by atoms with Crippen LogP contribution in [0.1, 0.15) is 25.7 Å². The van der Waals surface area contributed by atoms with E-state index < -0.39 is 0 Å². The third-order valence-corrected chi connectivity index (χ3v) is 4.75. The summed E-state index contributed by atoms with van der Waals surface area (Å²) < 4.78 is 5.18. The molecule has 7 heteroatoms. The molecule has 0 atom stereocenters. The monoisotopic (exact) mass is 363 g/mol. The molecular formula is C20H21N5O2. The van der Waals surface area contributed by atoms with E-state index in [0.717, 1.165) is 29.5 Å². The molecule has 3 aromatic rings. The van der Waals surface area contributed by atoms with E-state index in [4.69, 9.17) is 4.74 Å². The molecule has 0 spiro atoms. The number of fused-ring (bicyclic) bond motifs is 1. The largest absolute Gasteiger partial charge is 0.481 e. The van der Waals surface area contributed by atoms with Gasteiger partial charge in [0.05, 0.1) is 18.1 Å². The minimum atomic E-state index is -0.211. The highest BCUT2D eigenvalue weighted by Crippen LogP contribution is 2.25. The average molecular weight is 363 g/mol. The second kappa shape index (κ2) is 7.57. The molecule has 0 aromatic carbocycles. The highest BCUT2D eigenvalue weighted by molar-refractivity contribution is 5.90. The molecule has 1 saturated carbocycles. The van der Waals surface area contributed by atoms with Crippen LogP contribution in [-0.4, -0.2) is 34.1 Å². The second-order valence-corrected chi connectivity index (χ2v) is 6.63. The van der Waals surface area contributed by atoms with Crippen molar-refractivity contribution in [2.75, 3.05) is 12.4 Å². The van der Waals surface area contributed by atoms with Crippen molar-refractivity contribution in [1.29, 1.82) is 0 Å². The molecule has 0 unspecified atom stereocenters. The molecule has 4 rings (SSSR count). The zero-order chi connectivity index (χ0) is 18.6. The number of nitrogens with one attached hydrogen (secondary N) is 2. The van der Waals surface area contributed by atoms with Gasteiger partial charge in [0, 0.05) is 30.1 Å². The Hall–Kier alpha value is -3.22. The highest BCUT2D eigenvalue weighted by atomic mass is 16.5. The summed E-state index contributed by atoms with van der Waals surface area (Å²) in [7, 11) is 1.58. The van der Waals surface area contributed by atoms with Gasteiger partial charge in [-0.2, -0.15) is 0 Å². The number of carbonyl (C=O) groups excluding carboxylic acids is 1. The Morgan fingerprint density at radius 3 is 2.74 bits per heavy atom. The van der Waals surface area contributed by atoms with E-state index in [1.54, 1.807) is 25.6 Å². The van der Waals surface area contributed by atoms with Crippen LogP contribution in [0.15, 0.2) is 42.7 Å². The molecule has 2 N–H and O–H groups in total. The zero-order valence-corrected chi connectivity index (χ0v) is 15.1. The maximum absolute atomic E-state index is 12.2. The Morgan fingerprint density at radius 2 is 1.93 bits per heavy atom. The summed E-state index contributed by atoms with van der Waals surface area (Å²) in [6.45, 7) is 0. The molecule has 0 bridgehead atoms. The molecule has 2 amide bonds. The zero-order valence-electron chi connectivity index (χ0n) is 15.1. The molecule has 27 heavy (non-hydrogen) atoms. The van der Waals surface area contributed by atoms with Crippen LogP contribution in [-0.2, 0) is 0 Å². The van der Waals surface area contributed by atoms with E-state index in [0.29, 0.717) is 17.2 Å². The first-order chi connectivity index (χ1) is 13.2. The van der Waals surface area contributed by atoms with E-state index in [1.165, 1.54) is 12.8 Å². The highest BCUT2D eigenvalue weighted by Gasteiger charge is 2.17. The first-order valence-corrected chi connectivity index (χ1v) is 9.06. The van der Waals surface area contributed by atoms with Crippen LogP contribution < -0.4 is 15.4 Å². The van der Waals surface area contributed by atoms with Gasteiger partial charge >= 0.3 is 6.03 Å². The quantitative estimate of drug-likeness (QED) is 0.737. The van der Waals surface area contributed by atoms with Gasteiger partial charge in [0.1, 0.15) is 5.82 Å². The Bertz CT molecular complexity index is 969. The van der Waals surface area contributed by atoms with E-state index in [1.807, 2.05) is 24.3 Å². The molecule has 7 nitrogen and oxygen atoms in total. The maximum atomic E-state index is 12.2. The van der Waals surface area contributed by atoms with Crippen molar-refractivity contribution in [3.05, 3.63) is 42.7 Å². The number of carbonyl (C=O) groups is 1. The topological polar surface area (TPSA) is 89.0 Å². The normalized spacial score (nSPS) is 14.3. The lowest BCUT2D eigenvalue weighted by molar-refractivity contribution is 0.248. The molecule has 0 aliphatic heterocycles. The van der Waals surface area contributed by atoms with Gasteiger partial charge in [-0.1, -0.05) is 12.8 Å². The molecule has 0 saturated heterocycles. The van der Waals surface area contributed by atoms with Crippen LogP contribution in [0, 0.1) is 0 Å². The number of amides is 2. The van der Waals surface area contributed by atoms with Crippen LogP contribution in [0.25, 0.3) is 22.2 Å². The number of pyridine rings is 3. The smallest absolute Gasteiger partial charge is 0.320 e. The van der Waals surface area contributed by atoms with E-state index in [9.17, 15) is 4.79 Å². The SMILES string of the molecule is COc1cc(-c2cnc3ccc(NC(=O)NC4CCCC4)nc3c2)ccn1. The summed E-state index contributed by atoms with van der Waals surface area (Å²) in [4.78, 5) is 25.3. The molecule has 1 fully saturated rings. The lowest BCUT2D eigenvalue weighted by atomic mass is 10.1. The van der Waals surface area contributed by atoms with Crippen molar-refractivity contribution in [3.8, 4) is 17.0 Å². The summed E-state index contributed by atoms with van der Waals surface area (Å²) in [5, 5.41) is 5.82. The number of rotatable bonds is 4. The third-order valence-electron chi connectivity index (χ3n) is 4.75. The summed E-state index contributed by atoms with van der Waals surface area (Å²) in [6, 6.07) is 9.35. The Morgan fingerprint density at radius 1 is 1.07 bits per heavy atom. The van der Waals surface area contributed by atoms with Crippen molar-refractivity contribution in [2.45, 2.75) is 31.7 Å². The maximum Gasteiger partial charge on any atom is 0.320 e. The average Bonchev–Trinajstić information content (AvgIpc) is 3.20. The summed E-state index contributed by atoms with van der Waals surface area (Å²) in [6.07, 6.45) is 7.92. The summed E-state index contributed by atoms with van der Waals surface area (Å²) >= 11 is 0. The van der Waals surface area contributed by atoms with Gasteiger partial charge in [-0.05, 0) is 42.7 Å². The molecule has 138 valence electrons. The van der Waals surface area contributed by atoms with Gasteiger partial charge in [0.25, 0.3) is 0 Å². The minimum absolute atomic E-state index is 0.211. The predicted molar refractivity (Wildman–Crippen MR) is 104 cm³/mol. The van der Waals surface area contributed by atoms with Crippen molar-refractivity contribution >= 4 is 22.9 Å².